The fourth-order valence-electron chi connectivity index (χ4n) is 1.28. The molecule has 1 rings (SSSR count). The molecule has 0 bridgehead atoms. The lowest BCUT2D eigenvalue weighted by Crippen LogP contribution is -2.14. The highest BCUT2D eigenvalue weighted by Gasteiger charge is 2.33. The molecule has 0 radical (unpaired) electrons. The Balaban J connectivity index is 2.86. The van der Waals surface area contributed by atoms with Crippen molar-refractivity contribution >= 4 is 10.1 Å². The molecule has 18 heavy (non-hydrogen) atoms. The van der Waals surface area contributed by atoms with Gasteiger partial charge in [-0.15, -0.1) is 0 Å². The van der Waals surface area contributed by atoms with Crippen LogP contribution >= 0.6 is 0 Å². The number of rotatable bonds is 5. The van der Waals surface area contributed by atoms with Crippen molar-refractivity contribution in [3.05, 3.63) is 29.6 Å². The lowest BCUT2D eigenvalue weighted by molar-refractivity contribution is -0.138. The quantitative estimate of drug-likeness (QED) is 0.778. The molecule has 0 aliphatic carbocycles. The Labute approximate surface area is 103 Å². The van der Waals surface area contributed by atoms with Crippen LogP contribution in [0.15, 0.2) is 18.5 Å². The van der Waals surface area contributed by atoms with Gasteiger partial charge in [0.25, 0.3) is 10.1 Å². The standard InChI is InChI=1S/C10H12F3NO3S/c1-2-5-18(15,16)17-7-8-6-14-4-3-9(8)10(11,12)13/h3-4,6H,2,5,7H2,1H3. The molecule has 102 valence electrons. The Hall–Kier alpha value is -1.15. The van der Waals surface area contributed by atoms with E-state index < -0.39 is 28.5 Å². The molecule has 8 heteroatoms. The summed E-state index contributed by atoms with van der Waals surface area (Å²) in [5.74, 6) is -0.228. The van der Waals surface area contributed by atoms with E-state index in [9.17, 15) is 21.6 Å². The van der Waals surface area contributed by atoms with Crippen molar-refractivity contribution < 1.29 is 25.8 Å². The van der Waals surface area contributed by atoms with Gasteiger partial charge in [-0.25, -0.2) is 0 Å². The van der Waals surface area contributed by atoms with Crippen LogP contribution in [0.2, 0.25) is 0 Å². The third kappa shape index (κ3) is 4.26. The fourth-order valence-corrected chi connectivity index (χ4v) is 2.21. The zero-order chi connectivity index (χ0) is 13.8. The number of nitrogens with zero attached hydrogens (tertiary/aromatic N) is 1. The molecule has 4 nitrogen and oxygen atoms in total. The van der Waals surface area contributed by atoms with Crippen LogP contribution < -0.4 is 0 Å². The van der Waals surface area contributed by atoms with Crippen LogP contribution in [0.3, 0.4) is 0 Å². The summed E-state index contributed by atoms with van der Waals surface area (Å²) in [5.41, 5.74) is -1.24. The molecule has 1 heterocycles. The topological polar surface area (TPSA) is 56.3 Å². The van der Waals surface area contributed by atoms with Crippen LogP contribution in [-0.4, -0.2) is 19.2 Å². The van der Waals surface area contributed by atoms with Gasteiger partial charge in [-0.1, -0.05) is 6.92 Å². The predicted molar refractivity (Wildman–Crippen MR) is 58.1 cm³/mol. The molecule has 0 saturated heterocycles. The minimum atomic E-state index is -4.56. The molecule has 0 spiro atoms. The number of hydrogen-bond donors (Lipinski definition) is 0. The zero-order valence-electron chi connectivity index (χ0n) is 9.57. The first-order valence-corrected chi connectivity index (χ1v) is 6.71. The fraction of sp³-hybridized carbons (Fsp3) is 0.500. The molecule has 1 aromatic heterocycles. The largest absolute Gasteiger partial charge is 0.416 e. The van der Waals surface area contributed by atoms with Gasteiger partial charge in [-0.2, -0.15) is 21.6 Å². The van der Waals surface area contributed by atoms with Crippen molar-refractivity contribution in [2.45, 2.75) is 26.1 Å². The number of pyridine rings is 1. The molecule has 0 amide bonds. The highest BCUT2D eigenvalue weighted by Crippen LogP contribution is 2.31. The zero-order valence-corrected chi connectivity index (χ0v) is 10.4. The molecule has 0 atom stereocenters. The van der Waals surface area contributed by atoms with Gasteiger partial charge < -0.3 is 0 Å². The summed E-state index contributed by atoms with van der Waals surface area (Å²) in [5, 5.41) is 0. The number of halogens is 3. The van der Waals surface area contributed by atoms with Crippen LogP contribution in [0.5, 0.6) is 0 Å². The van der Waals surface area contributed by atoms with Gasteiger partial charge in [-0.3, -0.25) is 9.17 Å². The maximum Gasteiger partial charge on any atom is 0.416 e. The summed E-state index contributed by atoms with van der Waals surface area (Å²) in [6.07, 6.45) is -2.28. The van der Waals surface area contributed by atoms with E-state index in [0.29, 0.717) is 6.42 Å². The number of alkyl halides is 3. The molecular formula is C10H12F3NO3S. The van der Waals surface area contributed by atoms with E-state index >= 15 is 0 Å². The minimum Gasteiger partial charge on any atom is -0.265 e. The van der Waals surface area contributed by atoms with Crippen molar-refractivity contribution in [3.8, 4) is 0 Å². The van der Waals surface area contributed by atoms with Crippen molar-refractivity contribution in [3.63, 3.8) is 0 Å². The third-order valence-corrected chi connectivity index (χ3v) is 3.44. The normalized spacial score (nSPS) is 12.7. The summed E-state index contributed by atoms with van der Waals surface area (Å²) in [7, 11) is -3.79. The monoisotopic (exact) mass is 283 g/mol. The Morgan fingerprint density at radius 1 is 1.39 bits per heavy atom. The van der Waals surface area contributed by atoms with Crippen LogP contribution in [0.1, 0.15) is 24.5 Å². The lowest BCUT2D eigenvalue weighted by Gasteiger charge is -2.12. The summed E-state index contributed by atoms with van der Waals surface area (Å²) in [4.78, 5) is 3.53. The molecule has 0 unspecified atom stereocenters. The van der Waals surface area contributed by atoms with Crippen molar-refractivity contribution in [2.24, 2.45) is 0 Å². The maximum absolute atomic E-state index is 12.6. The molecule has 0 N–H and O–H groups in total. The van der Waals surface area contributed by atoms with Crippen LogP contribution in [0.25, 0.3) is 0 Å². The van der Waals surface area contributed by atoms with Gasteiger partial charge in [-0.05, 0) is 12.5 Å². The molecule has 0 saturated carbocycles. The lowest BCUT2D eigenvalue weighted by atomic mass is 10.1. The van der Waals surface area contributed by atoms with E-state index in [2.05, 4.69) is 9.17 Å². The first kappa shape index (κ1) is 14.9. The molecule has 0 aliphatic rings. The van der Waals surface area contributed by atoms with E-state index in [-0.39, 0.29) is 11.3 Å². The molecule has 1 aromatic rings. The molecule has 0 fully saturated rings. The van der Waals surface area contributed by atoms with Crippen molar-refractivity contribution in [1.82, 2.24) is 4.98 Å². The third-order valence-electron chi connectivity index (χ3n) is 2.06. The van der Waals surface area contributed by atoms with Crippen LogP contribution in [-0.2, 0) is 27.1 Å². The van der Waals surface area contributed by atoms with Crippen LogP contribution in [0.4, 0.5) is 13.2 Å². The summed E-state index contributed by atoms with van der Waals surface area (Å²) < 4.78 is 64.8. The van der Waals surface area contributed by atoms with Crippen molar-refractivity contribution in [1.29, 1.82) is 0 Å². The Kier molecular flexibility index (Phi) is 4.69. The van der Waals surface area contributed by atoms with E-state index in [1.54, 1.807) is 6.92 Å². The highest BCUT2D eigenvalue weighted by molar-refractivity contribution is 7.86. The summed E-state index contributed by atoms with van der Waals surface area (Å²) in [6.45, 7) is 0.969. The van der Waals surface area contributed by atoms with E-state index in [4.69, 9.17) is 0 Å². The van der Waals surface area contributed by atoms with Gasteiger partial charge in [0, 0.05) is 18.0 Å². The number of hydrogen-bond acceptors (Lipinski definition) is 4. The van der Waals surface area contributed by atoms with E-state index in [0.717, 1.165) is 18.5 Å². The second-order valence-electron chi connectivity index (χ2n) is 3.55. The SMILES string of the molecule is CCCS(=O)(=O)OCc1cnccc1C(F)(F)F. The summed E-state index contributed by atoms with van der Waals surface area (Å²) in [6, 6.07) is 0.783. The Morgan fingerprint density at radius 3 is 2.61 bits per heavy atom. The Bertz CT molecular complexity index is 499. The average molecular weight is 283 g/mol. The maximum atomic E-state index is 12.6. The van der Waals surface area contributed by atoms with Gasteiger partial charge in [0.05, 0.1) is 17.9 Å². The van der Waals surface area contributed by atoms with Gasteiger partial charge in [0.2, 0.25) is 0 Å². The first-order chi connectivity index (χ1) is 8.26. The highest BCUT2D eigenvalue weighted by atomic mass is 32.2. The van der Waals surface area contributed by atoms with Crippen molar-refractivity contribution in [2.75, 3.05) is 5.75 Å². The smallest absolute Gasteiger partial charge is 0.265 e. The Morgan fingerprint density at radius 2 is 2.06 bits per heavy atom. The van der Waals surface area contributed by atoms with Gasteiger partial charge in [0.15, 0.2) is 0 Å². The molecular weight excluding hydrogens is 271 g/mol. The summed E-state index contributed by atoms with van der Waals surface area (Å²) >= 11 is 0. The van der Waals surface area contributed by atoms with E-state index in [1.807, 2.05) is 0 Å². The molecule has 0 aromatic carbocycles. The minimum absolute atomic E-state index is 0.228. The average Bonchev–Trinajstić information content (AvgIpc) is 2.26. The van der Waals surface area contributed by atoms with Gasteiger partial charge >= 0.3 is 6.18 Å². The number of aromatic nitrogens is 1. The second kappa shape index (κ2) is 5.66. The second-order valence-corrected chi connectivity index (χ2v) is 5.31. The predicted octanol–water partition coefficient (Wildman–Crippen LogP) is 2.36. The van der Waals surface area contributed by atoms with Gasteiger partial charge in [0.1, 0.15) is 0 Å². The first-order valence-electron chi connectivity index (χ1n) is 5.13. The van der Waals surface area contributed by atoms with E-state index in [1.165, 1.54) is 0 Å². The van der Waals surface area contributed by atoms with Crippen LogP contribution in [0, 0.1) is 0 Å². The molecule has 0 aliphatic heterocycles.